The summed E-state index contributed by atoms with van der Waals surface area (Å²) in [5, 5.41) is 2.84. The number of hydrogen-bond donors (Lipinski definition) is 2. The molecular formula is C19H25N3O3S. The number of nitrogens with zero attached hydrogens (tertiary/aromatic N) is 1. The maximum Gasteiger partial charge on any atom is 0.251 e. The Labute approximate surface area is 155 Å². The van der Waals surface area contributed by atoms with Crippen LogP contribution in [0.5, 0.6) is 0 Å². The van der Waals surface area contributed by atoms with Crippen LogP contribution in [0.2, 0.25) is 0 Å². The van der Waals surface area contributed by atoms with Gasteiger partial charge < -0.3 is 11.1 Å². The maximum absolute atomic E-state index is 12.4. The van der Waals surface area contributed by atoms with Gasteiger partial charge in [-0.2, -0.15) is 4.31 Å². The van der Waals surface area contributed by atoms with Crippen LogP contribution in [0, 0.1) is 0 Å². The fourth-order valence-electron chi connectivity index (χ4n) is 2.60. The summed E-state index contributed by atoms with van der Waals surface area (Å²) in [5.74, 6) is -0.229. The Balaban J connectivity index is 1.97. The lowest BCUT2D eigenvalue weighted by atomic mass is 10.1. The number of anilines is 1. The van der Waals surface area contributed by atoms with E-state index in [0.717, 1.165) is 5.56 Å². The number of benzene rings is 2. The van der Waals surface area contributed by atoms with Gasteiger partial charge in [0.25, 0.3) is 5.91 Å². The average Bonchev–Trinajstić information content (AvgIpc) is 2.64. The number of hydrogen-bond acceptors (Lipinski definition) is 4. The summed E-state index contributed by atoms with van der Waals surface area (Å²) in [4.78, 5) is 12.4. The summed E-state index contributed by atoms with van der Waals surface area (Å²) in [6, 6.07) is 13.5. The molecule has 7 heteroatoms. The molecule has 0 atom stereocenters. The largest absolute Gasteiger partial charge is 0.399 e. The molecule has 0 saturated carbocycles. The molecule has 0 aliphatic heterocycles. The predicted molar refractivity (Wildman–Crippen MR) is 103 cm³/mol. The Morgan fingerprint density at radius 3 is 2.12 bits per heavy atom. The second-order valence-corrected chi connectivity index (χ2v) is 7.80. The molecule has 0 aliphatic rings. The van der Waals surface area contributed by atoms with Crippen LogP contribution < -0.4 is 11.1 Å². The molecule has 0 saturated heterocycles. The minimum atomic E-state index is -3.51. The number of carbonyl (C=O) groups excluding carboxylic acids is 1. The van der Waals surface area contributed by atoms with E-state index in [0.29, 0.717) is 37.3 Å². The Hall–Kier alpha value is -2.38. The van der Waals surface area contributed by atoms with Crippen LogP contribution >= 0.6 is 0 Å². The second-order valence-electron chi connectivity index (χ2n) is 5.86. The second kappa shape index (κ2) is 8.82. The van der Waals surface area contributed by atoms with Crippen molar-refractivity contribution in [2.75, 3.05) is 25.4 Å². The molecule has 2 aromatic carbocycles. The highest BCUT2D eigenvalue weighted by atomic mass is 32.2. The van der Waals surface area contributed by atoms with Crippen LogP contribution in [-0.2, 0) is 16.4 Å². The van der Waals surface area contributed by atoms with Crippen LogP contribution in [0.3, 0.4) is 0 Å². The number of sulfonamides is 1. The van der Waals surface area contributed by atoms with Crippen molar-refractivity contribution < 1.29 is 13.2 Å². The van der Waals surface area contributed by atoms with Gasteiger partial charge in [-0.15, -0.1) is 0 Å². The van der Waals surface area contributed by atoms with Crippen molar-refractivity contribution in [1.82, 2.24) is 9.62 Å². The van der Waals surface area contributed by atoms with Gasteiger partial charge in [0, 0.05) is 30.9 Å². The van der Waals surface area contributed by atoms with Gasteiger partial charge in [0.1, 0.15) is 0 Å². The van der Waals surface area contributed by atoms with Crippen LogP contribution in [0.15, 0.2) is 53.4 Å². The fourth-order valence-corrected chi connectivity index (χ4v) is 4.06. The van der Waals surface area contributed by atoms with E-state index in [2.05, 4.69) is 5.32 Å². The number of carbonyl (C=O) groups is 1. The van der Waals surface area contributed by atoms with E-state index in [1.165, 1.54) is 28.6 Å². The minimum Gasteiger partial charge on any atom is -0.399 e. The van der Waals surface area contributed by atoms with Crippen LogP contribution in [-0.4, -0.2) is 38.3 Å². The summed E-state index contributed by atoms with van der Waals surface area (Å²) in [5.41, 5.74) is 7.86. The van der Waals surface area contributed by atoms with Gasteiger partial charge in [0.05, 0.1) is 4.90 Å². The average molecular weight is 375 g/mol. The predicted octanol–water partition coefficient (Wildman–Crippen LogP) is 2.27. The van der Waals surface area contributed by atoms with Gasteiger partial charge in [0.15, 0.2) is 0 Å². The Morgan fingerprint density at radius 1 is 1.00 bits per heavy atom. The van der Waals surface area contributed by atoms with E-state index in [-0.39, 0.29) is 10.8 Å². The minimum absolute atomic E-state index is 0.194. The van der Waals surface area contributed by atoms with Crippen molar-refractivity contribution in [1.29, 1.82) is 0 Å². The van der Waals surface area contributed by atoms with E-state index < -0.39 is 10.0 Å². The molecule has 6 nitrogen and oxygen atoms in total. The lowest BCUT2D eigenvalue weighted by Crippen LogP contribution is -2.30. The summed E-state index contributed by atoms with van der Waals surface area (Å²) in [7, 11) is -3.51. The molecule has 0 bridgehead atoms. The summed E-state index contributed by atoms with van der Waals surface area (Å²) in [6.07, 6.45) is 0.695. The molecule has 0 heterocycles. The highest BCUT2D eigenvalue weighted by Gasteiger charge is 2.21. The molecule has 2 rings (SSSR count). The molecule has 0 aliphatic carbocycles. The van der Waals surface area contributed by atoms with E-state index in [1.54, 1.807) is 13.8 Å². The quantitative estimate of drug-likeness (QED) is 0.692. The molecule has 0 unspecified atom stereocenters. The molecule has 2 aromatic rings. The van der Waals surface area contributed by atoms with Gasteiger partial charge in [-0.3, -0.25) is 4.79 Å². The Bertz CT molecular complexity index is 827. The first kappa shape index (κ1) is 19.9. The van der Waals surface area contributed by atoms with E-state index in [9.17, 15) is 13.2 Å². The number of nitrogen functional groups attached to an aromatic ring is 1. The van der Waals surface area contributed by atoms with Crippen molar-refractivity contribution in [3.63, 3.8) is 0 Å². The molecule has 140 valence electrons. The summed E-state index contributed by atoms with van der Waals surface area (Å²) in [6.45, 7) is 4.90. The molecule has 0 spiro atoms. The zero-order valence-electron chi connectivity index (χ0n) is 15.1. The molecular weight excluding hydrogens is 350 g/mol. The first-order valence-electron chi connectivity index (χ1n) is 8.61. The van der Waals surface area contributed by atoms with Crippen molar-refractivity contribution in [3.05, 3.63) is 59.7 Å². The van der Waals surface area contributed by atoms with Crippen molar-refractivity contribution in [3.8, 4) is 0 Å². The monoisotopic (exact) mass is 375 g/mol. The number of rotatable bonds is 8. The lowest BCUT2D eigenvalue weighted by Gasteiger charge is -2.18. The molecule has 26 heavy (non-hydrogen) atoms. The standard InChI is InChI=1S/C19H25N3O3S/c1-3-22(4-2)26(24,25)18-11-7-16(8-12-18)19(23)21-14-13-15-5-9-17(20)10-6-15/h5-12H,3-4,13-14,20H2,1-2H3,(H,21,23). The highest BCUT2D eigenvalue weighted by Crippen LogP contribution is 2.16. The van der Waals surface area contributed by atoms with Crippen molar-refractivity contribution >= 4 is 21.6 Å². The summed E-state index contributed by atoms with van der Waals surface area (Å²) >= 11 is 0. The third kappa shape index (κ3) is 4.83. The molecule has 0 aromatic heterocycles. The highest BCUT2D eigenvalue weighted by molar-refractivity contribution is 7.89. The number of amides is 1. The molecule has 0 fully saturated rings. The van der Waals surface area contributed by atoms with Crippen LogP contribution in [0.25, 0.3) is 0 Å². The van der Waals surface area contributed by atoms with Gasteiger partial charge in [-0.25, -0.2) is 8.42 Å². The third-order valence-electron chi connectivity index (χ3n) is 4.14. The van der Waals surface area contributed by atoms with Gasteiger partial charge in [0.2, 0.25) is 10.0 Å². The maximum atomic E-state index is 12.4. The first-order valence-corrected chi connectivity index (χ1v) is 10.0. The van der Waals surface area contributed by atoms with E-state index in [1.807, 2.05) is 24.3 Å². The molecule has 1 amide bonds. The normalized spacial score (nSPS) is 11.5. The molecule has 0 radical (unpaired) electrons. The lowest BCUT2D eigenvalue weighted by molar-refractivity contribution is 0.0954. The third-order valence-corrected chi connectivity index (χ3v) is 6.20. The van der Waals surface area contributed by atoms with Gasteiger partial charge in [-0.1, -0.05) is 26.0 Å². The van der Waals surface area contributed by atoms with Gasteiger partial charge in [-0.05, 0) is 48.4 Å². The zero-order chi connectivity index (χ0) is 19.2. The SMILES string of the molecule is CCN(CC)S(=O)(=O)c1ccc(C(=O)NCCc2ccc(N)cc2)cc1. The Morgan fingerprint density at radius 2 is 1.58 bits per heavy atom. The summed E-state index contributed by atoms with van der Waals surface area (Å²) < 4.78 is 26.3. The van der Waals surface area contributed by atoms with E-state index >= 15 is 0 Å². The Kier molecular flexibility index (Phi) is 6.76. The topological polar surface area (TPSA) is 92.5 Å². The van der Waals surface area contributed by atoms with Crippen molar-refractivity contribution in [2.24, 2.45) is 0 Å². The van der Waals surface area contributed by atoms with E-state index in [4.69, 9.17) is 5.73 Å². The number of nitrogens with one attached hydrogen (secondary N) is 1. The van der Waals surface area contributed by atoms with Crippen molar-refractivity contribution in [2.45, 2.75) is 25.2 Å². The zero-order valence-corrected chi connectivity index (χ0v) is 15.9. The molecule has 3 N–H and O–H groups in total. The fraction of sp³-hybridized carbons (Fsp3) is 0.316. The van der Waals surface area contributed by atoms with Gasteiger partial charge >= 0.3 is 0 Å². The number of nitrogens with two attached hydrogens (primary N) is 1. The first-order chi connectivity index (χ1) is 12.4. The smallest absolute Gasteiger partial charge is 0.251 e. The van der Waals surface area contributed by atoms with Crippen LogP contribution in [0.1, 0.15) is 29.8 Å². The van der Waals surface area contributed by atoms with Crippen LogP contribution in [0.4, 0.5) is 5.69 Å².